The first kappa shape index (κ1) is 14.5. The Labute approximate surface area is 137 Å². The first-order chi connectivity index (χ1) is 11.8. The van der Waals surface area contributed by atoms with E-state index in [2.05, 4.69) is 30.4 Å². The highest BCUT2D eigenvalue weighted by Crippen LogP contribution is 2.26. The van der Waals surface area contributed by atoms with E-state index in [4.69, 9.17) is 4.74 Å². The summed E-state index contributed by atoms with van der Waals surface area (Å²) in [5.74, 6) is 0.559. The van der Waals surface area contributed by atoms with E-state index >= 15 is 0 Å². The normalized spacial score (nSPS) is 11.2. The summed E-state index contributed by atoms with van der Waals surface area (Å²) in [7, 11) is 1.66. The number of ether oxygens (including phenoxy) is 1. The molecule has 4 aromatic heterocycles. The van der Waals surface area contributed by atoms with E-state index in [1.807, 2.05) is 18.3 Å². The Hall–Kier alpha value is -3.13. The lowest BCUT2D eigenvalue weighted by molar-refractivity contribution is 0.210. The Morgan fingerprint density at radius 2 is 2.04 bits per heavy atom. The van der Waals surface area contributed by atoms with Crippen LogP contribution in [0, 0.1) is 0 Å². The van der Waals surface area contributed by atoms with Gasteiger partial charge in [0.05, 0.1) is 18.3 Å². The van der Waals surface area contributed by atoms with E-state index in [0.29, 0.717) is 24.7 Å². The maximum atomic E-state index is 5.01. The second kappa shape index (κ2) is 6.17. The Kier molecular flexibility index (Phi) is 3.72. The third-order valence-electron chi connectivity index (χ3n) is 3.64. The molecule has 0 aromatic carbocycles. The van der Waals surface area contributed by atoms with Crippen LogP contribution >= 0.6 is 0 Å². The molecule has 0 fully saturated rings. The fraction of sp³-hybridized carbons (Fsp3) is 0.188. The number of pyridine rings is 1. The van der Waals surface area contributed by atoms with Gasteiger partial charge in [0.25, 0.3) is 0 Å². The van der Waals surface area contributed by atoms with E-state index in [9.17, 15) is 0 Å². The minimum atomic E-state index is 0.559. The standard InChI is InChI=1S/C16H15N7O/c1-24-7-5-19-16-21-10-14-12(2-6-23(14)22-16)11-8-13-15(20-9-11)18-4-3-17-13/h2-4,6,8-10H,5,7H2,1H3,(H,19,22). The summed E-state index contributed by atoms with van der Waals surface area (Å²) in [5, 5.41) is 7.56. The third kappa shape index (κ3) is 2.63. The SMILES string of the molecule is COCCNc1ncc2c(-c3cnc4nccnc4c3)ccn2n1. The summed E-state index contributed by atoms with van der Waals surface area (Å²) in [6, 6.07) is 3.96. The van der Waals surface area contributed by atoms with Crippen molar-refractivity contribution in [3.63, 3.8) is 0 Å². The molecule has 4 heterocycles. The molecule has 0 atom stereocenters. The molecule has 0 radical (unpaired) electrons. The van der Waals surface area contributed by atoms with Crippen molar-refractivity contribution in [1.29, 1.82) is 0 Å². The van der Waals surface area contributed by atoms with Crippen molar-refractivity contribution in [1.82, 2.24) is 29.5 Å². The van der Waals surface area contributed by atoms with Crippen molar-refractivity contribution < 1.29 is 4.74 Å². The summed E-state index contributed by atoms with van der Waals surface area (Å²) in [6.07, 6.45) is 8.77. The summed E-state index contributed by atoms with van der Waals surface area (Å²) in [4.78, 5) is 17.2. The van der Waals surface area contributed by atoms with Gasteiger partial charge >= 0.3 is 0 Å². The van der Waals surface area contributed by atoms with Crippen LogP contribution in [-0.2, 0) is 4.74 Å². The number of aromatic nitrogens is 6. The molecule has 24 heavy (non-hydrogen) atoms. The number of nitrogens with zero attached hydrogens (tertiary/aromatic N) is 6. The van der Waals surface area contributed by atoms with Gasteiger partial charge in [0.1, 0.15) is 5.52 Å². The molecule has 4 aromatic rings. The van der Waals surface area contributed by atoms with E-state index < -0.39 is 0 Å². The fourth-order valence-electron chi connectivity index (χ4n) is 2.50. The predicted octanol–water partition coefficient (Wildman–Crippen LogP) is 1.79. The Bertz CT molecular complexity index is 998. The van der Waals surface area contributed by atoms with Crippen LogP contribution in [0.5, 0.6) is 0 Å². The van der Waals surface area contributed by atoms with Gasteiger partial charge in [-0.2, -0.15) is 0 Å². The minimum Gasteiger partial charge on any atom is -0.383 e. The minimum absolute atomic E-state index is 0.559. The Morgan fingerprint density at radius 3 is 2.96 bits per heavy atom. The third-order valence-corrected chi connectivity index (χ3v) is 3.64. The smallest absolute Gasteiger partial charge is 0.241 e. The van der Waals surface area contributed by atoms with Crippen LogP contribution in [0.25, 0.3) is 27.8 Å². The van der Waals surface area contributed by atoms with Crippen LogP contribution in [0.3, 0.4) is 0 Å². The number of hydrogen-bond donors (Lipinski definition) is 1. The molecule has 0 amide bonds. The summed E-state index contributed by atoms with van der Waals surface area (Å²) >= 11 is 0. The van der Waals surface area contributed by atoms with Gasteiger partial charge in [0.2, 0.25) is 5.95 Å². The molecule has 0 aliphatic rings. The number of rotatable bonds is 5. The highest BCUT2D eigenvalue weighted by atomic mass is 16.5. The Balaban J connectivity index is 1.70. The first-order valence-electron chi connectivity index (χ1n) is 7.49. The van der Waals surface area contributed by atoms with Gasteiger partial charge in [-0.3, -0.25) is 4.98 Å². The van der Waals surface area contributed by atoms with Crippen molar-refractivity contribution in [2.24, 2.45) is 0 Å². The molecule has 0 spiro atoms. The van der Waals surface area contributed by atoms with Crippen molar-refractivity contribution in [2.45, 2.75) is 0 Å². The van der Waals surface area contributed by atoms with Crippen LogP contribution in [0.2, 0.25) is 0 Å². The lowest BCUT2D eigenvalue weighted by atomic mass is 10.1. The molecule has 0 aliphatic carbocycles. The number of hydrogen-bond acceptors (Lipinski definition) is 7. The lowest BCUT2D eigenvalue weighted by Crippen LogP contribution is -2.11. The molecule has 0 saturated carbocycles. The zero-order chi connectivity index (χ0) is 16.4. The second-order valence-corrected chi connectivity index (χ2v) is 5.18. The molecule has 120 valence electrons. The number of nitrogens with one attached hydrogen (secondary N) is 1. The Morgan fingerprint density at radius 1 is 1.12 bits per heavy atom. The highest BCUT2D eigenvalue weighted by molar-refractivity contribution is 5.84. The van der Waals surface area contributed by atoms with Crippen LogP contribution in [0.4, 0.5) is 5.95 Å². The van der Waals surface area contributed by atoms with Crippen molar-refractivity contribution in [3.8, 4) is 11.1 Å². The number of methoxy groups -OCH3 is 1. The number of fused-ring (bicyclic) bond motifs is 2. The van der Waals surface area contributed by atoms with Crippen molar-refractivity contribution in [3.05, 3.63) is 43.1 Å². The largest absolute Gasteiger partial charge is 0.383 e. The molecule has 1 N–H and O–H groups in total. The zero-order valence-electron chi connectivity index (χ0n) is 13.0. The van der Waals surface area contributed by atoms with E-state index in [-0.39, 0.29) is 0 Å². The topological polar surface area (TPSA) is 90.1 Å². The molecule has 4 rings (SSSR count). The van der Waals surface area contributed by atoms with Crippen LogP contribution in [0.1, 0.15) is 0 Å². The first-order valence-corrected chi connectivity index (χ1v) is 7.49. The zero-order valence-corrected chi connectivity index (χ0v) is 13.0. The molecule has 0 bridgehead atoms. The van der Waals surface area contributed by atoms with Gasteiger partial charge in [-0.05, 0) is 12.1 Å². The predicted molar refractivity (Wildman–Crippen MR) is 89.7 cm³/mol. The lowest BCUT2D eigenvalue weighted by Gasteiger charge is -2.05. The van der Waals surface area contributed by atoms with Crippen LogP contribution in [-0.4, -0.2) is 49.8 Å². The van der Waals surface area contributed by atoms with Crippen LogP contribution in [0.15, 0.2) is 43.1 Å². The maximum Gasteiger partial charge on any atom is 0.241 e. The van der Waals surface area contributed by atoms with E-state index in [1.165, 1.54) is 0 Å². The average Bonchev–Trinajstić information content (AvgIpc) is 3.05. The van der Waals surface area contributed by atoms with Gasteiger partial charge in [0, 0.05) is 49.6 Å². The average molecular weight is 321 g/mol. The monoisotopic (exact) mass is 321 g/mol. The number of anilines is 1. The maximum absolute atomic E-state index is 5.01. The highest BCUT2D eigenvalue weighted by Gasteiger charge is 2.09. The summed E-state index contributed by atoms with van der Waals surface area (Å²) in [6.45, 7) is 1.26. The summed E-state index contributed by atoms with van der Waals surface area (Å²) in [5.41, 5.74) is 4.24. The molecular formula is C16H15N7O. The fourth-order valence-corrected chi connectivity index (χ4v) is 2.50. The van der Waals surface area contributed by atoms with Gasteiger partial charge in [-0.25, -0.2) is 19.5 Å². The van der Waals surface area contributed by atoms with Gasteiger partial charge < -0.3 is 10.1 Å². The van der Waals surface area contributed by atoms with E-state index in [0.717, 1.165) is 22.2 Å². The van der Waals surface area contributed by atoms with Gasteiger partial charge in [-0.1, -0.05) is 0 Å². The molecule has 0 aliphatic heterocycles. The molecular weight excluding hydrogens is 306 g/mol. The second-order valence-electron chi connectivity index (χ2n) is 5.18. The molecule has 0 unspecified atom stereocenters. The quantitative estimate of drug-likeness (QED) is 0.560. The van der Waals surface area contributed by atoms with Crippen LogP contribution < -0.4 is 5.32 Å². The van der Waals surface area contributed by atoms with E-state index in [1.54, 1.807) is 36.4 Å². The van der Waals surface area contributed by atoms with Crippen molar-refractivity contribution in [2.75, 3.05) is 25.6 Å². The van der Waals surface area contributed by atoms with Gasteiger partial charge in [0.15, 0.2) is 5.65 Å². The van der Waals surface area contributed by atoms with Crippen molar-refractivity contribution >= 4 is 22.6 Å². The molecule has 0 saturated heterocycles. The summed E-state index contributed by atoms with van der Waals surface area (Å²) < 4.78 is 6.80. The van der Waals surface area contributed by atoms with Gasteiger partial charge in [-0.15, -0.1) is 5.10 Å². The molecule has 8 heteroatoms. The molecule has 8 nitrogen and oxygen atoms in total.